The number of alkyl halides is 3. The summed E-state index contributed by atoms with van der Waals surface area (Å²) in [6.45, 7) is 0. The van der Waals surface area contributed by atoms with Crippen LogP contribution in [0.5, 0.6) is 0 Å². The first-order valence-electron chi connectivity index (χ1n) is 11.1. The first-order valence-corrected chi connectivity index (χ1v) is 11.5. The predicted molar refractivity (Wildman–Crippen MR) is 130 cm³/mol. The molecule has 5 rings (SSSR count). The minimum atomic E-state index is -4.92. The lowest BCUT2D eigenvalue weighted by Gasteiger charge is -2.19. The van der Waals surface area contributed by atoms with Crippen LogP contribution in [-0.2, 0) is 6.18 Å². The molecule has 198 valence electrons. The molecule has 0 radical (unpaired) electrons. The Morgan fingerprint density at radius 1 is 1.00 bits per heavy atom. The van der Waals surface area contributed by atoms with Crippen molar-refractivity contribution in [3.63, 3.8) is 0 Å². The van der Waals surface area contributed by atoms with Gasteiger partial charge < -0.3 is 10.6 Å². The summed E-state index contributed by atoms with van der Waals surface area (Å²) < 4.78 is 68.7. The summed E-state index contributed by atoms with van der Waals surface area (Å²) in [6, 6.07) is 8.83. The summed E-state index contributed by atoms with van der Waals surface area (Å²) in [5.74, 6) is -3.77. The van der Waals surface area contributed by atoms with Crippen LogP contribution in [0, 0.1) is 11.6 Å². The van der Waals surface area contributed by atoms with Crippen LogP contribution in [0.1, 0.15) is 43.4 Å². The van der Waals surface area contributed by atoms with Crippen molar-refractivity contribution in [1.82, 2.24) is 15.1 Å². The third-order valence-electron chi connectivity index (χ3n) is 5.94. The number of rotatable bonds is 4. The number of nitrogens with zero attached hydrogens (tertiary/aromatic N) is 2. The van der Waals surface area contributed by atoms with E-state index in [0.717, 1.165) is 16.8 Å². The zero-order valence-corrected chi connectivity index (χ0v) is 20.1. The van der Waals surface area contributed by atoms with Crippen LogP contribution in [0.4, 0.5) is 27.6 Å². The van der Waals surface area contributed by atoms with E-state index in [0.29, 0.717) is 12.1 Å². The minimum Gasteiger partial charge on any atom is -0.341 e. The van der Waals surface area contributed by atoms with Crippen LogP contribution in [-0.4, -0.2) is 21.6 Å². The number of nitrogens with one attached hydrogen (secondary N) is 2. The van der Waals surface area contributed by atoms with E-state index in [9.17, 15) is 36.3 Å². The van der Waals surface area contributed by atoms with Gasteiger partial charge in [0.1, 0.15) is 11.6 Å². The maximum atomic E-state index is 14.1. The molecule has 1 atom stereocenters. The number of aromatic nitrogens is 2. The number of fused-ring (bicyclic) bond motifs is 1. The summed E-state index contributed by atoms with van der Waals surface area (Å²) in [5, 5.41) is 9.06. The molecule has 0 saturated carbocycles. The maximum absolute atomic E-state index is 14.1. The minimum absolute atomic E-state index is 0.0333. The van der Waals surface area contributed by atoms with E-state index in [-0.39, 0.29) is 39.2 Å². The number of anilines is 1. The fraction of sp³-hybridized carbons (Fsp3) is 0.0769. The highest BCUT2D eigenvalue weighted by atomic mass is 35.5. The summed E-state index contributed by atoms with van der Waals surface area (Å²) in [4.78, 5) is 38.5. The monoisotopic (exact) mass is 560 g/mol. The number of carbonyl (C=O) groups excluding carboxylic acids is 2. The Morgan fingerprint density at radius 3 is 2.49 bits per heavy atom. The average Bonchev–Trinajstić information content (AvgIpc) is 3.21. The highest BCUT2D eigenvalue weighted by Crippen LogP contribution is 2.40. The number of hydrogen-bond donors (Lipinski definition) is 2. The number of halogens is 6. The molecule has 1 aromatic heterocycles. The Kier molecular flexibility index (Phi) is 6.43. The molecular formula is C26H14ClF5N4O3. The van der Waals surface area contributed by atoms with E-state index in [1.54, 1.807) is 0 Å². The van der Waals surface area contributed by atoms with Gasteiger partial charge in [-0.3, -0.25) is 14.4 Å². The summed E-state index contributed by atoms with van der Waals surface area (Å²) in [7, 11) is 0. The van der Waals surface area contributed by atoms with Gasteiger partial charge in [-0.1, -0.05) is 11.6 Å². The molecular weight excluding hydrogens is 547 g/mol. The molecule has 0 saturated heterocycles. The van der Waals surface area contributed by atoms with Gasteiger partial charge in [0.2, 0.25) is 0 Å². The topological polar surface area (TPSA) is 93.1 Å². The number of hydrogen-bond acceptors (Lipinski definition) is 4. The summed E-state index contributed by atoms with van der Waals surface area (Å²) >= 11 is 6.26. The SMILES string of the molecule is O=C(Nc1cc(-n2ncccc2=O)cc2c1C(c1cc(F)ccc1Cl)NC2=O)c1cc(F)cc(C(F)(F)F)c1. The number of carbonyl (C=O) groups is 2. The Balaban J connectivity index is 1.68. The number of benzene rings is 3. The second kappa shape index (κ2) is 9.62. The molecule has 2 amide bonds. The normalized spacial score (nSPS) is 14.6. The van der Waals surface area contributed by atoms with Crippen molar-refractivity contribution >= 4 is 29.1 Å². The van der Waals surface area contributed by atoms with Crippen molar-refractivity contribution in [2.75, 3.05) is 5.32 Å². The van der Waals surface area contributed by atoms with Crippen LogP contribution in [0.2, 0.25) is 5.02 Å². The van der Waals surface area contributed by atoms with Crippen LogP contribution in [0.15, 0.2) is 71.7 Å². The Morgan fingerprint density at radius 2 is 1.77 bits per heavy atom. The van der Waals surface area contributed by atoms with Gasteiger partial charge in [-0.25, -0.2) is 8.78 Å². The van der Waals surface area contributed by atoms with E-state index in [1.807, 2.05) is 0 Å². The Hall–Kier alpha value is -4.58. The molecule has 1 aliphatic rings. The molecule has 1 unspecified atom stereocenters. The van der Waals surface area contributed by atoms with Gasteiger partial charge in [-0.15, -0.1) is 0 Å². The fourth-order valence-electron chi connectivity index (χ4n) is 4.24. The highest BCUT2D eigenvalue weighted by molar-refractivity contribution is 6.31. The van der Waals surface area contributed by atoms with E-state index in [4.69, 9.17) is 11.6 Å². The Labute approximate surface area is 220 Å². The van der Waals surface area contributed by atoms with Crippen LogP contribution in [0.25, 0.3) is 5.69 Å². The summed E-state index contributed by atoms with van der Waals surface area (Å²) in [6.07, 6.45) is -3.62. The molecule has 4 aromatic rings. The standard InChI is InChI=1S/C26H14ClF5N4O3/c27-19-4-3-14(28)9-17(19)23-22-18(25(39)35-23)10-16(36-21(37)2-1-5-33-36)11-20(22)34-24(38)12-6-13(26(30,31)32)8-15(29)7-12/h1-11,23H,(H,34,38)(H,35,39). The predicted octanol–water partition coefficient (Wildman–Crippen LogP) is 5.27. The summed E-state index contributed by atoms with van der Waals surface area (Å²) in [5.41, 5.74) is -2.54. The maximum Gasteiger partial charge on any atom is 0.416 e. The van der Waals surface area contributed by atoms with Crippen molar-refractivity contribution in [2.24, 2.45) is 0 Å². The van der Waals surface area contributed by atoms with Gasteiger partial charge in [0, 0.05) is 45.2 Å². The van der Waals surface area contributed by atoms with Crippen LogP contribution < -0.4 is 16.2 Å². The Bertz CT molecular complexity index is 1720. The molecule has 0 fully saturated rings. The van der Waals surface area contributed by atoms with Gasteiger partial charge in [-0.05, 0) is 54.6 Å². The molecule has 13 heteroatoms. The number of amides is 2. The molecule has 2 N–H and O–H groups in total. The quantitative estimate of drug-likeness (QED) is 0.333. The molecule has 0 bridgehead atoms. The second-order valence-corrected chi connectivity index (χ2v) is 8.89. The zero-order valence-electron chi connectivity index (χ0n) is 19.3. The van der Waals surface area contributed by atoms with Crippen LogP contribution in [0.3, 0.4) is 0 Å². The highest BCUT2D eigenvalue weighted by Gasteiger charge is 2.36. The first kappa shape index (κ1) is 26.0. The van der Waals surface area contributed by atoms with Crippen molar-refractivity contribution in [3.8, 4) is 5.69 Å². The van der Waals surface area contributed by atoms with Crippen molar-refractivity contribution in [2.45, 2.75) is 12.2 Å². The van der Waals surface area contributed by atoms with Gasteiger partial charge in [0.15, 0.2) is 0 Å². The second-order valence-electron chi connectivity index (χ2n) is 8.48. The van der Waals surface area contributed by atoms with Crippen molar-refractivity contribution in [1.29, 1.82) is 0 Å². The fourth-order valence-corrected chi connectivity index (χ4v) is 4.47. The average molecular weight is 561 g/mol. The molecule has 2 heterocycles. The van der Waals surface area contributed by atoms with Crippen molar-refractivity contribution < 1.29 is 31.5 Å². The lowest BCUT2D eigenvalue weighted by atomic mass is 9.95. The van der Waals surface area contributed by atoms with Gasteiger partial charge in [0.05, 0.1) is 17.3 Å². The molecule has 1 aliphatic heterocycles. The molecule has 0 aliphatic carbocycles. The third-order valence-corrected chi connectivity index (χ3v) is 6.28. The van der Waals surface area contributed by atoms with Gasteiger partial charge in [-0.2, -0.15) is 23.0 Å². The van der Waals surface area contributed by atoms with E-state index in [2.05, 4.69) is 15.7 Å². The smallest absolute Gasteiger partial charge is 0.341 e. The van der Waals surface area contributed by atoms with Gasteiger partial charge >= 0.3 is 6.18 Å². The van der Waals surface area contributed by atoms with E-state index in [1.165, 1.54) is 36.5 Å². The molecule has 0 spiro atoms. The molecule has 7 nitrogen and oxygen atoms in total. The van der Waals surface area contributed by atoms with E-state index < -0.39 is 52.4 Å². The molecule has 3 aromatic carbocycles. The van der Waals surface area contributed by atoms with Gasteiger partial charge in [0.25, 0.3) is 17.4 Å². The van der Waals surface area contributed by atoms with E-state index >= 15 is 0 Å². The molecule has 39 heavy (non-hydrogen) atoms. The first-order chi connectivity index (χ1) is 18.4. The third kappa shape index (κ3) is 4.98. The largest absolute Gasteiger partial charge is 0.416 e. The lowest BCUT2D eigenvalue weighted by Crippen LogP contribution is -2.21. The lowest BCUT2D eigenvalue weighted by molar-refractivity contribution is -0.137. The van der Waals surface area contributed by atoms with Crippen LogP contribution >= 0.6 is 11.6 Å². The van der Waals surface area contributed by atoms with Crippen molar-refractivity contribution in [3.05, 3.63) is 122 Å². The zero-order chi connectivity index (χ0) is 28.1.